The second-order valence-corrected chi connectivity index (χ2v) is 6.76. The maximum absolute atomic E-state index is 13.0. The van der Waals surface area contributed by atoms with Crippen LogP contribution in [0.15, 0.2) is 53.9 Å². The molecule has 0 saturated carbocycles. The van der Waals surface area contributed by atoms with Gasteiger partial charge in [-0.1, -0.05) is 41.6 Å². The van der Waals surface area contributed by atoms with Crippen molar-refractivity contribution in [2.75, 3.05) is 5.75 Å². The molecule has 0 atom stereocenters. The first-order chi connectivity index (χ1) is 12.8. The fraction of sp³-hybridized carbons (Fsp3) is 0.222. The van der Waals surface area contributed by atoms with Crippen LogP contribution in [-0.4, -0.2) is 37.5 Å². The van der Waals surface area contributed by atoms with Crippen molar-refractivity contribution in [2.45, 2.75) is 24.8 Å². The Balaban J connectivity index is 1.83. The van der Waals surface area contributed by atoms with E-state index in [0.29, 0.717) is 11.1 Å². The Morgan fingerprint density at radius 3 is 2.37 bits per heavy atom. The molecule has 0 spiro atoms. The first-order valence-electron chi connectivity index (χ1n) is 7.96. The molecule has 0 saturated heterocycles. The highest BCUT2D eigenvalue weighted by Crippen LogP contribution is 2.28. The van der Waals surface area contributed by atoms with Crippen molar-refractivity contribution >= 4 is 17.5 Å². The van der Waals surface area contributed by atoms with E-state index in [1.54, 1.807) is 24.3 Å². The zero-order valence-corrected chi connectivity index (χ0v) is 15.1. The van der Waals surface area contributed by atoms with Crippen LogP contribution < -0.4 is 0 Å². The average molecular weight is 392 g/mol. The number of hydrogen-bond acceptors (Lipinski definition) is 5. The van der Waals surface area contributed by atoms with Crippen LogP contribution in [0.1, 0.15) is 15.9 Å². The number of pyridine rings is 1. The number of rotatable bonds is 6. The minimum atomic E-state index is -4.44. The van der Waals surface area contributed by atoms with Gasteiger partial charge in [-0.05, 0) is 19.1 Å². The van der Waals surface area contributed by atoms with E-state index in [1.165, 1.54) is 12.4 Å². The number of hydrogen-bond donors (Lipinski definition) is 0. The number of carbonyl (C=O) groups excluding carboxylic acids is 1. The fourth-order valence-electron chi connectivity index (χ4n) is 2.38. The fourth-order valence-corrected chi connectivity index (χ4v) is 3.22. The number of benzene rings is 1. The molecule has 140 valence electrons. The largest absolute Gasteiger partial charge is 0.406 e. The van der Waals surface area contributed by atoms with Gasteiger partial charge in [0, 0.05) is 23.5 Å². The summed E-state index contributed by atoms with van der Waals surface area (Å²) in [6.07, 6.45) is -1.51. The van der Waals surface area contributed by atoms with E-state index in [1.807, 2.05) is 19.1 Å². The van der Waals surface area contributed by atoms with Crippen LogP contribution in [0.5, 0.6) is 0 Å². The van der Waals surface area contributed by atoms with Gasteiger partial charge >= 0.3 is 6.18 Å². The predicted octanol–water partition coefficient (Wildman–Crippen LogP) is 4.19. The van der Waals surface area contributed by atoms with E-state index in [4.69, 9.17) is 0 Å². The SMILES string of the molecule is Cc1ccc(C(=O)CSc2nnc(-c3ccncc3)n2CC(F)(F)F)cc1. The third-order valence-electron chi connectivity index (χ3n) is 3.70. The van der Waals surface area contributed by atoms with Crippen molar-refractivity contribution in [1.82, 2.24) is 19.7 Å². The molecule has 2 heterocycles. The lowest BCUT2D eigenvalue weighted by atomic mass is 10.1. The Kier molecular flexibility index (Phi) is 5.59. The van der Waals surface area contributed by atoms with Gasteiger partial charge in [0.25, 0.3) is 0 Å². The molecule has 0 N–H and O–H groups in total. The Labute approximate surface area is 157 Å². The number of aryl methyl sites for hydroxylation is 1. The molecule has 0 aliphatic rings. The summed E-state index contributed by atoms with van der Waals surface area (Å²) in [5.41, 5.74) is 1.99. The van der Waals surface area contributed by atoms with Gasteiger partial charge in [0.15, 0.2) is 16.8 Å². The number of Topliss-reactive ketones (excluding diaryl/α,β-unsaturated/α-hetero) is 1. The van der Waals surface area contributed by atoms with Gasteiger partial charge < -0.3 is 0 Å². The van der Waals surface area contributed by atoms with Crippen LogP contribution in [0.25, 0.3) is 11.4 Å². The normalized spacial score (nSPS) is 11.6. The molecular formula is C18H15F3N4OS. The highest BCUT2D eigenvalue weighted by Gasteiger charge is 2.31. The summed E-state index contributed by atoms with van der Waals surface area (Å²) in [6, 6.07) is 10.1. The van der Waals surface area contributed by atoms with Crippen LogP contribution in [0.3, 0.4) is 0 Å². The number of halogens is 3. The summed E-state index contributed by atoms with van der Waals surface area (Å²) < 4.78 is 40.1. The standard InChI is InChI=1S/C18H15F3N4OS/c1-12-2-4-13(5-3-12)15(26)10-27-17-24-23-16(14-6-8-22-9-7-14)25(17)11-18(19,20)21/h2-9H,10-11H2,1H3. The molecular weight excluding hydrogens is 377 g/mol. The van der Waals surface area contributed by atoms with E-state index < -0.39 is 12.7 Å². The van der Waals surface area contributed by atoms with Crippen molar-refractivity contribution in [3.63, 3.8) is 0 Å². The van der Waals surface area contributed by atoms with Crippen LogP contribution >= 0.6 is 11.8 Å². The van der Waals surface area contributed by atoms with Crippen LogP contribution in [-0.2, 0) is 6.54 Å². The molecule has 27 heavy (non-hydrogen) atoms. The Morgan fingerprint density at radius 2 is 1.74 bits per heavy atom. The number of carbonyl (C=O) groups is 1. The first kappa shape index (κ1) is 19.1. The highest BCUT2D eigenvalue weighted by molar-refractivity contribution is 7.99. The molecule has 0 amide bonds. The second kappa shape index (κ2) is 7.91. The third kappa shape index (κ3) is 4.94. The van der Waals surface area contributed by atoms with Gasteiger partial charge in [0.05, 0.1) is 5.75 Å². The average Bonchev–Trinajstić information content (AvgIpc) is 3.02. The van der Waals surface area contributed by atoms with Crippen molar-refractivity contribution in [2.24, 2.45) is 0 Å². The molecule has 9 heteroatoms. The number of ketones is 1. The smallest absolute Gasteiger partial charge is 0.293 e. The Hall–Kier alpha value is -2.68. The van der Waals surface area contributed by atoms with Crippen molar-refractivity contribution in [3.05, 3.63) is 59.9 Å². The molecule has 0 aliphatic heterocycles. The quantitative estimate of drug-likeness (QED) is 0.465. The summed E-state index contributed by atoms with van der Waals surface area (Å²) >= 11 is 0.935. The summed E-state index contributed by atoms with van der Waals surface area (Å²) in [5, 5.41) is 7.79. The molecule has 3 rings (SSSR count). The van der Waals surface area contributed by atoms with Gasteiger partial charge in [-0.2, -0.15) is 13.2 Å². The number of thioether (sulfide) groups is 1. The molecule has 0 fully saturated rings. The van der Waals surface area contributed by atoms with E-state index in [0.717, 1.165) is 21.9 Å². The highest BCUT2D eigenvalue weighted by atomic mass is 32.2. The van der Waals surface area contributed by atoms with Crippen LogP contribution in [0.4, 0.5) is 13.2 Å². The topological polar surface area (TPSA) is 60.7 Å². The van der Waals surface area contributed by atoms with Crippen LogP contribution in [0.2, 0.25) is 0 Å². The Morgan fingerprint density at radius 1 is 1.07 bits per heavy atom. The number of nitrogens with zero attached hydrogens (tertiary/aromatic N) is 4. The predicted molar refractivity (Wildman–Crippen MR) is 95.5 cm³/mol. The molecule has 2 aromatic heterocycles. The van der Waals surface area contributed by atoms with Crippen molar-refractivity contribution in [1.29, 1.82) is 0 Å². The second-order valence-electron chi connectivity index (χ2n) is 5.82. The van der Waals surface area contributed by atoms with Gasteiger partial charge in [-0.3, -0.25) is 14.3 Å². The summed E-state index contributed by atoms with van der Waals surface area (Å²) in [6.45, 7) is 0.669. The molecule has 5 nitrogen and oxygen atoms in total. The van der Waals surface area contributed by atoms with Gasteiger partial charge in [0.2, 0.25) is 0 Å². The van der Waals surface area contributed by atoms with Gasteiger partial charge in [-0.15, -0.1) is 10.2 Å². The summed E-state index contributed by atoms with van der Waals surface area (Å²) in [4.78, 5) is 16.1. The molecule has 3 aromatic rings. The Bertz CT molecular complexity index is 924. The lowest BCUT2D eigenvalue weighted by Crippen LogP contribution is -2.19. The first-order valence-corrected chi connectivity index (χ1v) is 8.95. The molecule has 0 unspecified atom stereocenters. The maximum Gasteiger partial charge on any atom is 0.406 e. The minimum Gasteiger partial charge on any atom is -0.293 e. The van der Waals surface area contributed by atoms with Crippen molar-refractivity contribution in [3.8, 4) is 11.4 Å². The van der Waals surface area contributed by atoms with Gasteiger partial charge in [0.1, 0.15) is 6.54 Å². The summed E-state index contributed by atoms with van der Waals surface area (Å²) in [5.74, 6) is -0.137. The maximum atomic E-state index is 13.0. The van der Waals surface area contributed by atoms with E-state index >= 15 is 0 Å². The third-order valence-corrected chi connectivity index (χ3v) is 4.67. The zero-order chi connectivity index (χ0) is 19.4. The van der Waals surface area contributed by atoms with E-state index in [9.17, 15) is 18.0 Å². The molecule has 1 aromatic carbocycles. The monoisotopic (exact) mass is 392 g/mol. The van der Waals surface area contributed by atoms with Crippen LogP contribution in [0, 0.1) is 6.92 Å². The molecule has 0 radical (unpaired) electrons. The molecule has 0 bridgehead atoms. The zero-order valence-electron chi connectivity index (χ0n) is 14.3. The van der Waals surface area contributed by atoms with E-state index in [-0.39, 0.29) is 22.5 Å². The number of alkyl halides is 3. The van der Waals surface area contributed by atoms with Gasteiger partial charge in [-0.25, -0.2) is 0 Å². The summed E-state index contributed by atoms with van der Waals surface area (Å²) in [7, 11) is 0. The van der Waals surface area contributed by atoms with E-state index in [2.05, 4.69) is 15.2 Å². The van der Waals surface area contributed by atoms with Crippen molar-refractivity contribution < 1.29 is 18.0 Å². The molecule has 0 aliphatic carbocycles. The lowest BCUT2D eigenvalue weighted by molar-refractivity contribution is -0.141. The lowest BCUT2D eigenvalue weighted by Gasteiger charge is -2.12. The minimum absolute atomic E-state index is 0.0323. The number of aromatic nitrogens is 4.